The van der Waals surface area contributed by atoms with E-state index in [1.807, 2.05) is 13.8 Å². The van der Waals surface area contributed by atoms with E-state index in [1.54, 1.807) is 6.20 Å². The predicted molar refractivity (Wildman–Crippen MR) is 73.3 cm³/mol. The highest BCUT2D eigenvalue weighted by Gasteiger charge is 2.23. The van der Waals surface area contributed by atoms with Gasteiger partial charge in [-0.2, -0.15) is 0 Å². The van der Waals surface area contributed by atoms with Crippen LogP contribution in [0.15, 0.2) is 18.3 Å². The van der Waals surface area contributed by atoms with Crippen molar-refractivity contribution in [2.24, 2.45) is 0 Å². The average Bonchev–Trinajstić information content (AvgIpc) is 2.85. The molecule has 1 unspecified atom stereocenters. The lowest BCUT2D eigenvalue weighted by atomic mass is 10.0. The van der Waals surface area contributed by atoms with Crippen LogP contribution in [-0.2, 0) is 0 Å². The highest BCUT2D eigenvalue weighted by molar-refractivity contribution is 7.11. The Kier molecular flexibility index (Phi) is 4.77. The Morgan fingerprint density at radius 2 is 2.00 bits per heavy atom. The van der Waals surface area contributed by atoms with Crippen molar-refractivity contribution in [2.75, 3.05) is 6.54 Å². The summed E-state index contributed by atoms with van der Waals surface area (Å²) in [6.07, 6.45) is 2.48. The van der Waals surface area contributed by atoms with Gasteiger partial charge in [-0.25, -0.2) is 18.2 Å². The predicted octanol–water partition coefficient (Wildman–Crippen LogP) is 3.96. The number of aromatic nitrogens is 1. The Bertz CT molecular complexity index is 598. The molecule has 2 nitrogen and oxygen atoms in total. The maximum Gasteiger partial charge on any atom is 0.194 e. The van der Waals surface area contributed by atoms with Gasteiger partial charge in [0.1, 0.15) is 0 Å². The van der Waals surface area contributed by atoms with Gasteiger partial charge in [-0.15, -0.1) is 11.3 Å². The topological polar surface area (TPSA) is 24.9 Å². The number of nitrogens with zero attached hydrogens (tertiary/aromatic N) is 1. The van der Waals surface area contributed by atoms with Crippen LogP contribution in [0, 0.1) is 24.4 Å². The second-order valence-electron chi connectivity index (χ2n) is 4.43. The zero-order chi connectivity index (χ0) is 14.7. The van der Waals surface area contributed by atoms with Crippen LogP contribution in [0.3, 0.4) is 0 Å². The van der Waals surface area contributed by atoms with Crippen LogP contribution < -0.4 is 5.32 Å². The Morgan fingerprint density at radius 1 is 1.25 bits per heavy atom. The van der Waals surface area contributed by atoms with E-state index in [0.717, 1.165) is 22.4 Å². The van der Waals surface area contributed by atoms with E-state index >= 15 is 0 Å². The van der Waals surface area contributed by atoms with Crippen LogP contribution in [0.5, 0.6) is 0 Å². The van der Waals surface area contributed by atoms with Crippen LogP contribution in [-0.4, -0.2) is 11.5 Å². The van der Waals surface area contributed by atoms with E-state index in [0.29, 0.717) is 6.54 Å². The van der Waals surface area contributed by atoms with Gasteiger partial charge >= 0.3 is 0 Å². The number of halogens is 3. The molecule has 20 heavy (non-hydrogen) atoms. The molecule has 0 aliphatic heterocycles. The van der Waals surface area contributed by atoms with E-state index in [1.165, 1.54) is 17.4 Å². The van der Waals surface area contributed by atoms with Crippen LogP contribution in [0.4, 0.5) is 13.2 Å². The van der Waals surface area contributed by atoms with E-state index in [4.69, 9.17) is 0 Å². The number of benzene rings is 1. The molecule has 0 aliphatic rings. The number of thiazole rings is 1. The summed E-state index contributed by atoms with van der Waals surface area (Å²) in [4.78, 5) is 4.91. The molecule has 1 aromatic carbocycles. The first-order chi connectivity index (χ1) is 9.54. The zero-order valence-electron chi connectivity index (χ0n) is 11.2. The molecule has 0 spiro atoms. The molecule has 0 saturated heterocycles. The average molecular weight is 300 g/mol. The van der Waals surface area contributed by atoms with Gasteiger partial charge in [0, 0.05) is 16.6 Å². The SMILES string of the molecule is CCCNC(c1cnc(C)s1)c1ccc(F)c(F)c1F. The quantitative estimate of drug-likeness (QED) is 0.846. The Balaban J connectivity index is 2.43. The third-order valence-electron chi connectivity index (χ3n) is 2.90. The number of hydrogen-bond donors (Lipinski definition) is 1. The minimum absolute atomic E-state index is 0.0981. The molecular formula is C14H15F3N2S. The third-order valence-corrected chi connectivity index (χ3v) is 3.88. The van der Waals surface area contributed by atoms with Gasteiger partial charge in [0.05, 0.1) is 11.0 Å². The van der Waals surface area contributed by atoms with Crippen molar-refractivity contribution in [3.63, 3.8) is 0 Å². The lowest BCUT2D eigenvalue weighted by molar-refractivity contribution is 0.433. The Labute approximate surface area is 119 Å². The van der Waals surface area contributed by atoms with Gasteiger partial charge in [-0.1, -0.05) is 13.0 Å². The van der Waals surface area contributed by atoms with E-state index in [-0.39, 0.29) is 5.56 Å². The minimum Gasteiger partial charge on any atom is -0.305 e. The van der Waals surface area contributed by atoms with Crippen LogP contribution in [0.2, 0.25) is 0 Å². The molecular weight excluding hydrogens is 285 g/mol. The molecule has 0 bridgehead atoms. The fraction of sp³-hybridized carbons (Fsp3) is 0.357. The normalized spacial score (nSPS) is 12.7. The standard InChI is InChI=1S/C14H15F3N2S/c1-3-6-18-14(11-7-19-8(2)20-11)9-4-5-10(15)13(17)12(9)16/h4-5,7,14,18H,3,6H2,1-2H3. The molecule has 1 atom stereocenters. The summed E-state index contributed by atoms with van der Waals surface area (Å²) in [5.74, 6) is -3.77. The monoisotopic (exact) mass is 300 g/mol. The molecule has 1 aromatic heterocycles. The molecule has 6 heteroatoms. The molecule has 1 N–H and O–H groups in total. The fourth-order valence-corrected chi connectivity index (χ4v) is 2.81. The Morgan fingerprint density at radius 3 is 2.60 bits per heavy atom. The van der Waals surface area contributed by atoms with Crippen molar-refractivity contribution >= 4 is 11.3 Å². The number of hydrogen-bond acceptors (Lipinski definition) is 3. The van der Waals surface area contributed by atoms with Crippen molar-refractivity contribution < 1.29 is 13.2 Å². The number of rotatable bonds is 5. The first-order valence-corrected chi connectivity index (χ1v) is 7.15. The Hall–Kier alpha value is -1.40. The minimum atomic E-state index is -1.44. The second kappa shape index (κ2) is 6.37. The molecule has 2 rings (SSSR count). The summed E-state index contributed by atoms with van der Waals surface area (Å²) in [7, 11) is 0. The molecule has 0 saturated carbocycles. The third kappa shape index (κ3) is 3.02. The van der Waals surface area contributed by atoms with Gasteiger partial charge in [0.2, 0.25) is 0 Å². The second-order valence-corrected chi connectivity index (χ2v) is 5.70. The van der Waals surface area contributed by atoms with E-state index in [2.05, 4.69) is 10.3 Å². The lowest BCUT2D eigenvalue weighted by Crippen LogP contribution is -2.24. The van der Waals surface area contributed by atoms with Gasteiger partial charge in [0.15, 0.2) is 17.5 Å². The van der Waals surface area contributed by atoms with Crippen LogP contribution >= 0.6 is 11.3 Å². The highest BCUT2D eigenvalue weighted by Crippen LogP contribution is 2.30. The van der Waals surface area contributed by atoms with Crippen molar-refractivity contribution in [1.29, 1.82) is 0 Å². The van der Waals surface area contributed by atoms with Crippen molar-refractivity contribution in [1.82, 2.24) is 10.3 Å². The molecule has 2 aromatic rings. The van der Waals surface area contributed by atoms with E-state index in [9.17, 15) is 13.2 Å². The lowest BCUT2D eigenvalue weighted by Gasteiger charge is -2.18. The summed E-state index contributed by atoms with van der Waals surface area (Å²) in [5.41, 5.74) is 0.0981. The summed E-state index contributed by atoms with van der Waals surface area (Å²) >= 11 is 1.40. The smallest absolute Gasteiger partial charge is 0.194 e. The maximum atomic E-state index is 14.0. The van der Waals surface area contributed by atoms with Gasteiger partial charge in [-0.3, -0.25) is 0 Å². The maximum absolute atomic E-state index is 14.0. The largest absolute Gasteiger partial charge is 0.305 e. The molecule has 1 heterocycles. The van der Waals surface area contributed by atoms with E-state index < -0.39 is 23.5 Å². The number of nitrogens with one attached hydrogen (secondary N) is 1. The molecule has 0 amide bonds. The van der Waals surface area contributed by atoms with Crippen LogP contribution in [0.25, 0.3) is 0 Å². The van der Waals surface area contributed by atoms with Crippen molar-refractivity contribution in [3.05, 3.63) is 51.2 Å². The van der Waals surface area contributed by atoms with Gasteiger partial charge in [-0.05, 0) is 26.0 Å². The molecule has 0 fully saturated rings. The molecule has 0 aliphatic carbocycles. The molecule has 0 radical (unpaired) electrons. The van der Waals surface area contributed by atoms with Crippen molar-refractivity contribution in [2.45, 2.75) is 26.3 Å². The highest BCUT2D eigenvalue weighted by atomic mass is 32.1. The van der Waals surface area contributed by atoms with Gasteiger partial charge < -0.3 is 5.32 Å². The summed E-state index contributed by atoms with van der Waals surface area (Å²) in [6.45, 7) is 4.45. The first kappa shape index (κ1) is 15.0. The summed E-state index contributed by atoms with van der Waals surface area (Å²) < 4.78 is 40.4. The van der Waals surface area contributed by atoms with Gasteiger partial charge in [0.25, 0.3) is 0 Å². The summed E-state index contributed by atoms with van der Waals surface area (Å²) in [6, 6.07) is 1.70. The fourth-order valence-electron chi connectivity index (χ4n) is 1.93. The van der Waals surface area contributed by atoms with Crippen LogP contribution in [0.1, 0.15) is 34.8 Å². The first-order valence-electron chi connectivity index (χ1n) is 6.33. The van der Waals surface area contributed by atoms with Crippen molar-refractivity contribution in [3.8, 4) is 0 Å². The number of aryl methyl sites for hydroxylation is 1. The molecule has 108 valence electrons. The zero-order valence-corrected chi connectivity index (χ0v) is 12.0. The summed E-state index contributed by atoms with van der Waals surface area (Å²) in [5, 5.41) is 3.98.